The fraction of sp³-hybridized carbons (Fsp3) is 0.875. The van der Waals surface area contributed by atoms with Crippen LogP contribution >= 0.6 is 11.8 Å². The quantitative estimate of drug-likeness (QED) is 0.553. The first kappa shape index (κ1) is 7.62. The van der Waals surface area contributed by atoms with Gasteiger partial charge in [-0.2, -0.15) is 0 Å². The summed E-state index contributed by atoms with van der Waals surface area (Å²) in [5.74, 6) is 1.18. The molecule has 2 nitrogen and oxygen atoms in total. The zero-order chi connectivity index (χ0) is 7.73. The average Bonchev–Trinajstić information content (AvgIpc) is 2.34. The summed E-state index contributed by atoms with van der Waals surface area (Å²) in [5.41, 5.74) is 0.271. The Morgan fingerprint density at radius 2 is 2.18 bits per heavy atom. The van der Waals surface area contributed by atoms with Crippen molar-refractivity contribution >= 4 is 16.8 Å². The van der Waals surface area contributed by atoms with Crippen LogP contribution in [0.2, 0.25) is 0 Å². The van der Waals surface area contributed by atoms with Gasteiger partial charge < -0.3 is 4.74 Å². The molecular weight excluding hydrogens is 158 g/mol. The molecule has 1 spiro atoms. The van der Waals surface area contributed by atoms with E-state index in [1.807, 2.05) is 11.8 Å². The highest BCUT2D eigenvalue weighted by molar-refractivity contribution is 8.14. The zero-order valence-electron chi connectivity index (χ0n) is 6.80. The number of rotatable bonds is 0. The standard InChI is InChI=1S/C8H13NOS/c1-7-9-8(6-11-7)2-4-10-5-3-8/h2-6H2,1H3. The van der Waals surface area contributed by atoms with Crippen molar-refractivity contribution in [2.75, 3.05) is 19.0 Å². The van der Waals surface area contributed by atoms with Gasteiger partial charge in [0.25, 0.3) is 0 Å². The van der Waals surface area contributed by atoms with Gasteiger partial charge in [0.2, 0.25) is 0 Å². The summed E-state index contributed by atoms with van der Waals surface area (Å²) in [7, 11) is 0. The topological polar surface area (TPSA) is 21.6 Å². The van der Waals surface area contributed by atoms with Crippen molar-refractivity contribution in [2.24, 2.45) is 4.99 Å². The van der Waals surface area contributed by atoms with Crippen LogP contribution in [0.1, 0.15) is 19.8 Å². The van der Waals surface area contributed by atoms with E-state index in [-0.39, 0.29) is 5.54 Å². The summed E-state index contributed by atoms with van der Waals surface area (Å²) >= 11 is 1.90. The maximum atomic E-state index is 5.31. The summed E-state index contributed by atoms with van der Waals surface area (Å²) in [5, 5.41) is 1.26. The Bertz CT molecular complexity index is 185. The molecule has 3 heteroatoms. The molecule has 62 valence electrons. The molecular formula is C8H13NOS. The van der Waals surface area contributed by atoms with E-state index in [4.69, 9.17) is 4.74 Å². The first-order chi connectivity index (χ1) is 5.31. The third-order valence-electron chi connectivity index (χ3n) is 2.37. The fourth-order valence-corrected chi connectivity index (χ4v) is 2.73. The van der Waals surface area contributed by atoms with Gasteiger partial charge in [-0.05, 0) is 19.8 Å². The first-order valence-electron chi connectivity index (χ1n) is 4.08. The molecule has 0 bridgehead atoms. The summed E-state index contributed by atoms with van der Waals surface area (Å²) in [6.07, 6.45) is 2.24. The lowest BCUT2D eigenvalue weighted by Crippen LogP contribution is -2.34. The Labute approximate surface area is 71.4 Å². The molecule has 1 fully saturated rings. The van der Waals surface area contributed by atoms with Gasteiger partial charge in [-0.1, -0.05) is 0 Å². The third-order valence-corrected chi connectivity index (χ3v) is 3.56. The highest BCUT2D eigenvalue weighted by Gasteiger charge is 2.35. The molecule has 0 amide bonds. The van der Waals surface area contributed by atoms with Crippen molar-refractivity contribution in [3.8, 4) is 0 Å². The number of hydrogen-bond acceptors (Lipinski definition) is 3. The smallest absolute Gasteiger partial charge is 0.0755 e. The van der Waals surface area contributed by atoms with E-state index in [1.54, 1.807) is 0 Å². The van der Waals surface area contributed by atoms with E-state index in [1.165, 1.54) is 10.8 Å². The van der Waals surface area contributed by atoms with Gasteiger partial charge in [-0.25, -0.2) is 0 Å². The third kappa shape index (κ3) is 1.44. The minimum Gasteiger partial charge on any atom is -0.381 e. The van der Waals surface area contributed by atoms with Crippen LogP contribution in [0, 0.1) is 0 Å². The molecule has 0 aromatic carbocycles. The van der Waals surface area contributed by atoms with Crippen LogP contribution in [0.15, 0.2) is 4.99 Å². The predicted molar refractivity (Wildman–Crippen MR) is 48.4 cm³/mol. The minimum atomic E-state index is 0.271. The molecule has 0 saturated carbocycles. The van der Waals surface area contributed by atoms with Crippen LogP contribution in [0.4, 0.5) is 0 Å². The van der Waals surface area contributed by atoms with E-state index in [0.717, 1.165) is 26.1 Å². The second-order valence-electron chi connectivity index (χ2n) is 3.26. The molecule has 0 radical (unpaired) electrons. The molecule has 0 aromatic rings. The van der Waals surface area contributed by atoms with E-state index in [2.05, 4.69) is 11.9 Å². The molecule has 0 atom stereocenters. The number of ether oxygens (including phenoxy) is 1. The molecule has 0 aliphatic carbocycles. The normalized spacial score (nSPS) is 29.0. The van der Waals surface area contributed by atoms with Crippen molar-refractivity contribution in [1.82, 2.24) is 0 Å². The van der Waals surface area contributed by atoms with Crippen LogP contribution < -0.4 is 0 Å². The Morgan fingerprint density at radius 1 is 1.45 bits per heavy atom. The molecule has 0 unspecified atom stereocenters. The molecule has 2 aliphatic rings. The molecule has 1 saturated heterocycles. The van der Waals surface area contributed by atoms with Gasteiger partial charge in [0, 0.05) is 19.0 Å². The van der Waals surface area contributed by atoms with Gasteiger partial charge in [-0.15, -0.1) is 11.8 Å². The largest absolute Gasteiger partial charge is 0.381 e. The van der Waals surface area contributed by atoms with Gasteiger partial charge in [-0.3, -0.25) is 4.99 Å². The number of nitrogens with zero attached hydrogens (tertiary/aromatic N) is 1. The Kier molecular flexibility index (Phi) is 1.93. The van der Waals surface area contributed by atoms with Crippen molar-refractivity contribution in [2.45, 2.75) is 25.3 Å². The van der Waals surface area contributed by atoms with Crippen molar-refractivity contribution in [3.05, 3.63) is 0 Å². The van der Waals surface area contributed by atoms with Crippen molar-refractivity contribution in [1.29, 1.82) is 0 Å². The first-order valence-corrected chi connectivity index (χ1v) is 5.06. The Morgan fingerprint density at radius 3 is 2.73 bits per heavy atom. The van der Waals surface area contributed by atoms with Gasteiger partial charge in [0.05, 0.1) is 10.6 Å². The Hall–Kier alpha value is -0.0200. The maximum absolute atomic E-state index is 5.31. The van der Waals surface area contributed by atoms with E-state index in [0.29, 0.717) is 0 Å². The molecule has 2 heterocycles. The second-order valence-corrected chi connectivity index (χ2v) is 4.42. The zero-order valence-corrected chi connectivity index (χ0v) is 7.62. The number of thioether (sulfide) groups is 1. The number of aliphatic imine (C=N–C) groups is 1. The lowest BCUT2D eigenvalue weighted by molar-refractivity contribution is 0.0624. The summed E-state index contributed by atoms with van der Waals surface area (Å²) < 4.78 is 5.31. The second kappa shape index (κ2) is 2.79. The average molecular weight is 171 g/mol. The minimum absolute atomic E-state index is 0.271. The van der Waals surface area contributed by atoms with Gasteiger partial charge in [0.15, 0.2) is 0 Å². The van der Waals surface area contributed by atoms with E-state index in [9.17, 15) is 0 Å². The van der Waals surface area contributed by atoms with Crippen LogP contribution in [-0.2, 0) is 4.74 Å². The van der Waals surface area contributed by atoms with Crippen LogP contribution in [0.25, 0.3) is 0 Å². The lowest BCUT2D eigenvalue weighted by Gasteiger charge is -2.29. The predicted octanol–water partition coefficient (Wildman–Crippen LogP) is 1.70. The van der Waals surface area contributed by atoms with E-state index < -0.39 is 0 Å². The lowest BCUT2D eigenvalue weighted by atomic mass is 9.93. The monoisotopic (exact) mass is 171 g/mol. The molecule has 2 rings (SSSR count). The maximum Gasteiger partial charge on any atom is 0.0755 e. The fourth-order valence-electron chi connectivity index (χ4n) is 1.64. The summed E-state index contributed by atoms with van der Waals surface area (Å²) in [6, 6.07) is 0. The van der Waals surface area contributed by atoms with Crippen LogP contribution in [-0.4, -0.2) is 29.5 Å². The summed E-state index contributed by atoms with van der Waals surface area (Å²) in [4.78, 5) is 4.68. The van der Waals surface area contributed by atoms with Crippen molar-refractivity contribution in [3.63, 3.8) is 0 Å². The molecule has 11 heavy (non-hydrogen) atoms. The molecule has 2 aliphatic heterocycles. The summed E-state index contributed by atoms with van der Waals surface area (Å²) in [6.45, 7) is 3.91. The van der Waals surface area contributed by atoms with Crippen molar-refractivity contribution < 1.29 is 4.74 Å². The SMILES string of the molecule is CC1=NC2(CCOCC2)CS1. The van der Waals surface area contributed by atoms with E-state index >= 15 is 0 Å². The Balaban J connectivity index is 2.09. The van der Waals surface area contributed by atoms with Crippen LogP contribution in [0.5, 0.6) is 0 Å². The highest BCUT2D eigenvalue weighted by Crippen LogP contribution is 2.35. The van der Waals surface area contributed by atoms with Gasteiger partial charge >= 0.3 is 0 Å². The highest BCUT2D eigenvalue weighted by atomic mass is 32.2. The van der Waals surface area contributed by atoms with Gasteiger partial charge in [0.1, 0.15) is 0 Å². The number of hydrogen-bond donors (Lipinski definition) is 0. The molecule has 0 N–H and O–H groups in total. The molecule has 0 aromatic heterocycles. The van der Waals surface area contributed by atoms with Crippen LogP contribution in [0.3, 0.4) is 0 Å².